The molecule has 0 radical (unpaired) electrons. The molecule has 0 spiro atoms. The number of hydrogen-bond acceptors (Lipinski definition) is 3. The number of hydrogen-bond donors (Lipinski definition) is 1. The molecule has 1 aromatic heterocycles. The number of fused-ring (bicyclic) bond motifs is 3. The maximum Gasteiger partial charge on any atom is 0.121 e. The van der Waals surface area contributed by atoms with Crippen molar-refractivity contribution in [3.05, 3.63) is 66.5 Å². The van der Waals surface area contributed by atoms with E-state index in [1.165, 1.54) is 5.56 Å². The van der Waals surface area contributed by atoms with Crippen molar-refractivity contribution in [1.82, 2.24) is 20.3 Å². The number of rotatable bonds is 3. The van der Waals surface area contributed by atoms with Gasteiger partial charge >= 0.3 is 0 Å². The predicted octanol–water partition coefficient (Wildman–Crippen LogP) is 4.18. The smallest absolute Gasteiger partial charge is 0.121 e. The average molecular weight is 320 g/mol. The van der Waals surface area contributed by atoms with E-state index in [0.717, 1.165) is 41.3 Å². The van der Waals surface area contributed by atoms with E-state index in [2.05, 4.69) is 61.7 Å². The highest BCUT2D eigenvalue weighted by Gasteiger charge is 2.25. The third kappa shape index (κ3) is 2.92. The van der Waals surface area contributed by atoms with Crippen LogP contribution in [-0.2, 0) is 13.1 Å². The Balaban J connectivity index is 2.30. The van der Waals surface area contributed by atoms with Crippen LogP contribution in [0.3, 0.4) is 0 Å². The Labute approximate surface area is 143 Å². The second-order valence-corrected chi connectivity index (χ2v) is 7.25. The standard InChI is InChI=1S/C20H24N4/c1-6-15-17(7-2)21-12-14-10-8-9-11-16(14)18-19(15)24(23-22-18)13-20(3,4)5/h6-11,21H,1-2,12-13H2,3-5H3/b17-15-. The van der Waals surface area contributed by atoms with Gasteiger partial charge in [-0.3, -0.25) is 0 Å². The summed E-state index contributed by atoms with van der Waals surface area (Å²) in [5.41, 5.74) is 6.26. The summed E-state index contributed by atoms with van der Waals surface area (Å²) in [4.78, 5) is 0. The minimum Gasteiger partial charge on any atom is -0.380 e. The fourth-order valence-electron chi connectivity index (χ4n) is 3.03. The van der Waals surface area contributed by atoms with Crippen LogP contribution in [0.25, 0.3) is 16.8 Å². The van der Waals surface area contributed by atoms with E-state index in [-0.39, 0.29) is 5.41 Å². The molecule has 0 saturated carbocycles. The Hall–Kier alpha value is -2.62. The summed E-state index contributed by atoms with van der Waals surface area (Å²) in [7, 11) is 0. The summed E-state index contributed by atoms with van der Waals surface area (Å²) < 4.78 is 1.99. The minimum absolute atomic E-state index is 0.0946. The number of aromatic nitrogens is 3. The number of nitrogens with one attached hydrogen (secondary N) is 1. The number of nitrogens with zero attached hydrogens (tertiary/aromatic N) is 3. The fraction of sp³-hybridized carbons (Fsp3) is 0.300. The van der Waals surface area contributed by atoms with E-state index in [4.69, 9.17) is 0 Å². The molecular formula is C20H24N4. The van der Waals surface area contributed by atoms with Gasteiger partial charge in [0.2, 0.25) is 0 Å². The quantitative estimate of drug-likeness (QED) is 0.922. The van der Waals surface area contributed by atoms with Crippen LogP contribution < -0.4 is 5.32 Å². The van der Waals surface area contributed by atoms with Gasteiger partial charge in [-0.25, -0.2) is 4.68 Å². The van der Waals surface area contributed by atoms with Gasteiger partial charge in [0.15, 0.2) is 0 Å². The first-order valence-corrected chi connectivity index (χ1v) is 8.20. The molecule has 1 aromatic carbocycles. The van der Waals surface area contributed by atoms with Gasteiger partial charge in [-0.1, -0.05) is 69.5 Å². The average Bonchev–Trinajstić information content (AvgIpc) is 2.90. The molecule has 0 fully saturated rings. The molecule has 4 heteroatoms. The molecule has 0 unspecified atom stereocenters. The molecule has 0 atom stereocenters. The van der Waals surface area contributed by atoms with Gasteiger partial charge in [0.25, 0.3) is 0 Å². The maximum atomic E-state index is 4.52. The second-order valence-electron chi connectivity index (χ2n) is 7.25. The Morgan fingerprint density at radius 1 is 1.21 bits per heavy atom. The molecular weight excluding hydrogens is 296 g/mol. The lowest BCUT2D eigenvalue weighted by molar-refractivity contribution is 0.320. The summed E-state index contributed by atoms with van der Waals surface area (Å²) in [6.07, 6.45) is 3.70. The first kappa shape index (κ1) is 16.2. The first-order valence-electron chi connectivity index (χ1n) is 8.20. The number of benzene rings is 1. The Kier molecular flexibility index (Phi) is 4.14. The summed E-state index contributed by atoms with van der Waals surface area (Å²) in [6, 6.07) is 8.31. The van der Waals surface area contributed by atoms with Gasteiger partial charge in [-0.15, -0.1) is 5.10 Å². The SMILES string of the molecule is C=C/C1=C(\C=C)c2c(nnn2CC(C)(C)C)-c2ccccc2CN1. The second kappa shape index (κ2) is 6.11. The van der Waals surface area contributed by atoms with E-state index >= 15 is 0 Å². The zero-order valence-corrected chi connectivity index (χ0v) is 14.6. The van der Waals surface area contributed by atoms with Crippen molar-refractivity contribution in [2.45, 2.75) is 33.9 Å². The molecule has 0 bridgehead atoms. The summed E-state index contributed by atoms with van der Waals surface area (Å²) in [6.45, 7) is 16.1. The molecule has 0 aliphatic carbocycles. The third-order valence-corrected chi connectivity index (χ3v) is 4.05. The topological polar surface area (TPSA) is 42.7 Å². The maximum absolute atomic E-state index is 4.52. The molecule has 4 nitrogen and oxygen atoms in total. The van der Waals surface area contributed by atoms with E-state index in [0.29, 0.717) is 0 Å². The van der Waals surface area contributed by atoms with Crippen LogP contribution in [0.4, 0.5) is 0 Å². The molecule has 0 saturated heterocycles. The van der Waals surface area contributed by atoms with Gasteiger partial charge in [-0.2, -0.15) is 0 Å². The van der Waals surface area contributed by atoms with Crippen molar-refractivity contribution in [3.63, 3.8) is 0 Å². The van der Waals surface area contributed by atoms with Gasteiger partial charge < -0.3 is 5.32 Å². The van der Waals surface area contributed by atoms with E-state index in [1.807, 2.05) is 29.0 Å². The molecule has 2 heterocycles. The normalized spacial score (nSPS) is 17.1. The van der Waals surface area contributed by atoms with Crippen molar-refractivity contribution < 1.29 is 0 Å². The fourth-order valence-corrected chi connectivity index (χ4v) is 3.03. The van der Waals surface area contributed by atoms with E-state index in [9.17, 15) is 0 Å². The van der Waals surface area contributed by atoms with Gasteiger partial charge in [-0.05, 0) is 17.1 Å². The predicted molar refractivity (Wildman–Crippen MR) is 99.1 cm³/mol. The minimum atomic E-state index is 0.0946. The molecule has 24 heavy (non-hydrogen) atoms. The molecule has 124 valence electrons. The van der Waals surface area contributed by atoms with Crippen LogP contribution in [0, 0.1) is 5.41 Å². The molecule has 1 N–H and O–H groups in total. The summed E-state index contributed by atoms with van der Waals surface area (Å²) >= 11 is 0. The highest BCUT2D eigenvalue weighted by Crippen LogP contribution is 2.34. The number of allylic oxidation sites excluding steroid dienone is 3. The zero-order chi connectivity index (χ0) is 17.3. The van der Waals surface area contributed by atoms with Gasteiger partial charge in [0.1, 0.15) is 5.69 Å². The van der Waals surface area contributed by atoms with Crippen molar-refractivity contribution >= 4 is 5.57 Å². The molecule has 1 aliphatic rings. The lowest BCUT2D eigenvalue weighted by Gasteiger charge is -2.22. The van der Waals surface area contributed by atoms with Crippen LogP contribution in [0.2, 0.25) is 0 Å². The lowest BCUT2D eigenvalue weighted by atomic mass is 9.94. The van der Waals surface area contributed by atoms with Crippen molar-refractivity contribution in [1.29, 1.82) is 0 Å². The zero-order valence-electron chi connectivity index (χ0n) is 14.6. The Morgan fingerprint density at radius 3 is 2.62 bits per heavy atom. The highest BCUT2D eigenvalue weighted by molar-refractivity contribution is 5.85. The monoisotopic (exact) mass is 320 g/mol. The molecule has 1 aliphatic heterocycles. The highest BCUT2D eigenvalue weighted by atomic mass is 15.4. The van der Waals surface area contributed by atoms with Gasteiger partial charge in [0, 0.05) is 29.9 Å². The summed E-state index contributed by atoms with van der Waals surface area (Å²) in [5, 5.41) is 12.4. The van der Waals surface area contributed by atoms with Crippen LogP contribution in [0.15, 0.2) is 55.3 Å². The van der Waals surface area contributed by atoms with E-state index < -0.39 is 0 Å². The van der Waals surface area contributed by atoms with E-state index in [1.54, 1.807) is 0 Å². The van der Waals surface area contributed by atoms with Crippen molar-refractivity contribution in [3.8, 4) is 11.3 Å². The van der Waals surface area contributed by atoms with Crippen LogP contribution in [0.1, 0.15) is 32.0 Å². The van der Waals surface area contributed by atoms with Crippen molar-refractivity contribution in [2.24, 2.45) is 5.41 Å². The molecule has 2 aromatic rings. The van der Waals surface area contributed by atoms with Crippen LogP contribution >= 0.6 is 0 Å². The third-order valence-electron chi connectivity index (χ3n) is 4.05. The first-order chi connectivity index (χ1) is 11.4. The molecule has 0 amide bonds. The van der Waals surface area contributed by atoms with Crippen molar-refractivity contribution in [2.75, 3.05) is 0 Å². The Bertz CT molecular complexity index is 818. The largest absolute Gasteiger partial charge is 0.380 e. The summed E-state index contributed by atoms with van der Waals surface area (Å²) in [5.74, 6) is 0. The van der Waals surface area contributed by atoms with Crippen LogP contribution in [-0.4, -0.2) is 15.0 Å². The van der Waals surface area contributed by atoms with Gasteiger partial charge in [0.05, 0.1) is 5.69 Å². The Morgan fingerprint density at radius 2 is 1.96 bits per heavy atom. The molecule has 3 rings (SSSR count). The van der Waals surface area contributed by atoms with Crippen LogP contribution in [0.5, 0.6) is 0 Å². The lowest BCUT2D eigenvalue weighted by Crippen LogP contribution is -2.21.